The lowest BCUT2D eigenvalue weighted by Gasteiger charge is -2.04. The summed E-state index contributed by atoms with van der Waals surface area (Å²) in [5, 5.41) is 28.3. The molecule has 0 saturated heterocycles. The van der Waals surface area contributed by atoms with Crippen molar-refractivity contribution in [3.8, 4) is 0 Å². The summed E-state index contributed by atoms with van der Waals surface area (Å²) in [4.78, 5) is 38.3. The van der Waals surface area contributed by atoms with Crippen LogP contribution in [0.2, 0.25) is 0 Å². The van der Waals surface area contributed by atoms with Gasteiger partial charge in [-0.2, -0.15) is 5.10 Å². The van der Waals surface area contributed by atoms with E-state index in [0.717, 1.165) is 16.4 Å². The minimum Gasteiger partial charge on any atom is -0.478 e. The van der Waals surface area contributed by atoms with Crippen LogP contribution in [0, 0.1) is 0 Å². The zero-order valence-electron chi connectivity index (χ0n) is 14.0. The highest BCUT2D eigenvalue weighted by atomic mass is 16.4. The molecule has 0 aliphatic carbocycles. The molecule has 0 radical (unpaired) electrons. The molecule has 0 aliphatic rings. The van der Waals surface area contributed by atoms with Crippen molar-refractivity contribution in [3.05, 3.63) is 59.2 Å². The maximum atomic E-state index is 12.3. The second kappa shape index (κ2) is 7.07. The molecular weight excluding hydrogens is 356 g/mol. The molecule has 11 nitrogen and oxygen atoms in total. The van der Waals surface area contributed by atoms with Crippen molar-refractivity contribution in [3.63, 3.8) is 0 Å². The molecule has 2 heterocycles. The number of carbonyl (C=O) groups is 3. The Morgan fingerprint density at radius 2 is 1.81 bits per heavy atom. The van der Waals surface area contributed by atoms with Gasteiger partial charge >= 0.3 is 11.9 Å². The fourth-order valence-electron chi connectivity index (χ4n) is 2.39. The number of hydrogen-bond donors (Lipinski definition) is 3. The number of aromatic nitrogens is 5. The van der Waals surface area contributed by atoms with E-state index >= 15 is 0 Å². The summed E-state index contributed by atoms with van der Waals surface area (Å²) < 4.78 is 2.60. The minimum atomic E-state index is -1.27. The molecule has 0 atom stereocenters. The third kappa shape index (κ3) is 3.81. The fraction of sp³-hybridized carbons (Fsp3) is 0.125. The normalized spacial score (nSPS) is 10.6. The number of carboxylic acid groups (broad SMARTS) is 2. The molecule has 1 aromatic carbocycles. The second-order valence-electron chi connectivity index (χ2n) is 5.56. The number of amides is 1. The van der Waals surface area contributed by atoms with Crippen molar-refractivity contribution >= 4 is 23.8 Å². The number of aryl methyl sites for hydroxylation is 1. The number of anilines is 1. The average molecular weight is 370 g/mol. The molecular formula is C16H14N6O5. The Morgan fingerprint density at radius 3 is 2.44 bits per heavy atom. The molecule has 0 unspecified atom stereocenters. The first-order valence-electron chi connectivity index (χ1n) is 7.63. The summed E-state index contributed by atoms with van der Waals surface area (Å²) in [5.74, 6) is -2.98. The van der Waals surface area contributed by atoms with Gasteiger partial charge in [-0.3, -0.25) is 14.8 Å². The number of nitrogens with zero attached hydrogens (tertiary/aromatic N) is 5. The topological polar surface area (TPSA) is 152 Å². The molecule has 11 heteroatoms. The predicted molar refractivity (Wildman–Crippen MR) is 90.6 cm³/mol. The van der Waals surface area contributed by atoms with Gasteiger partial charge in [0.15, 0.2) is 0 Å². The number of rotatable bonds is 6. The van der Waals surface area contributed by atoms with Crippen LogP contribution in [0.1, 0.15) is 36.8 Å². The summed E-state index contributed by atoms with van der Waals surface area (Å²) in [5.41, 5.74) is 0.620. The third-order valence-electron chi connectivity index (χ3n) is 3.69. The molecule has 27 heavy (non-hydrogen) atoms. The van der Waals surface area contributed by atoms with Crippen LogP contribution in [0.4, 0.5) is 5.95 Å². The van der Waals surface area contributed by atoms with E-state index in [1.807, 2.05) is 0 Å². The van der Waals surface area contributed by atoms with E-state index in [1.165, 1.54) is 30.2 Å². The lowest BCUT2D eigenvalue weighted by molar-refractivity contribution is 0.0684. The highest BCUT2D eigenvalue weighted by Crippen LogP contribution is 2.11. The summed E-state index contributed by atoms with van der Waals surface area (Å²) in [7, 11) is 1.45. The Labute approximate surface area is 151 Å². The first kappa shape index (κ1) is 17.8. The average Bonchev–Trinajstić information content (AvgIpc) is 3.21. The Morgan fingerprint density at radius 1 is 1.11 bits per heavy atom. The summed E-state index contributed by atoms with van der Waals surface area (Å²) >= 11 is 0. The zero-order chi connectivity index (χ0) is 19.6. The van der Waals surface area contributed by atoms with E-state index in [2.05, 4.69) is 20.5 Å². The molecule has 0 saturated carbocycles. The second-order valence-corrected chi connectivity index (χ2v) is 5.56. The molecule has 0 bridgehead atoms. The highest BCUT2D eigenvalue weighted by Gasteiger charge is 2.22. The van der Waals surface area contributed by atoms with Gasteiger partial charge in [0, 0.05) is 7.05 Å². The lowest BCUT2D eigenvalue weighted by atomic mass is 10.1. The Hall–Kier alpha value is -4.02. The number of carboxylic acids is 2. The van der Waals surface area contributed by atoms with Gasteiger partial charge in [-0.05, 0) is 17.7 Å². The summed E-state index contributed by atoms with van der Waals surface area (Å²) in [6, 6.07) is 6.26. The van der Waals surface area contributed by atoms with Crippen LogP contribution in [0.15, 0.2) is 36.8 Å². The van der Waals surface area contributed by atoms with Crippen molar-refractivity contribution in [2.24, 2.45) is 7.05 Å². The third-order valence-corrected chi connectivity index (χ3v) is 3.69. The van der Waals surface area contributed by atoms with Crippen molar-refractivity contribution in [1.82, 2.24) is 24.5 Å². The fourth-order valence-corrected chi connectivity index (χ4v) is 2.39. The predicted octanol–water partition coefficient (Wildman–Crippen LogP) is 0.709. The standard InChI is InChI=1S/C16H14N6O5/c1-21-12(11(6-18-21)15(26)27)13(23)19-16-17-8-22(20-16)7-9-2-4-10(5-3-9)14(24)25/h2-6,8H,7H2,1H3,(H,24,25)(H,26,27)(H,19,20,23). The highest BCUT2D eigenvalue weighted by molar-refractivity contribution is 6.08. The molecule has 138 valence electrons. The van der Waals surface area contributed by atoms with Gasteiger partial charge in [-0.1, -0.05) is 12.1 Å². The molecule has 3 aromatic rings. The van der Waals surface area contributed by atoms with Crippen molar-refractivity contribution in [2.45, 2.75) is 6.54 Å². The van der Waals surface area contributed by atoms with E-state index in [0.29, 0.717) is 6.54 Å². The number of hydrogen-bond acceptors (Lipinski definition) is 6. The van der Waals surface area contributed by atoms with E-state index < -0.39 is 17.8 Å². The van der Waals surface area contributed by atoms with E-state index in [9.17, 15) is 14.4 Å². The number of benzene rings is 1. The monoisotopic (exact) mass is 370 g/mol. The molecule has 0 fully saturated rings. The summed E-state index contributed by atoms with van der Waals surface area (Å²) in [6.07, 6.45) is 2.48. The smallest absolute Gasteiger partial charge is 0.339 e. The molecule has 0 aliphatic heterocycles. The van der Waals surface area contributed by atoms with Crippen LogP contribution in [0.3, 0.4) is 0 Å². The van der Waals surface area contributed by atoms with Gasteiger partial charge < -0.3 is 10.2 Å². The van der Waals surface area contributed by atoms with Crippen LogP contribution in [-0.2, 0) is 13.6 Å². The quantitative estimate of drug-likeness (QED) is 0.573. The van der Waals surface area contributed by atoms with Crippen LogP contribution < -0.4 is 5.32 Å². The number of aromatic carboxylic acids is 2. The number of carbonyl (C=O) groups excluding carboxylic acids is 1. The zero-order valence-corrected chi connectivity index (χ0v) is 14.0. The molecule has 2 aromatic heterocycles. The lowest BCUT2D eigenvalue weighted by Crippen LogP contribution is -2.20. The van der Waals surface area contributed by atoms with E-state index in [1.54, 1.807) is 12.1 Å². The first-order valence-corrected chi connectivity index (χ1v) is 7.63. The van der Waals surface area contributed by atoms with Crippen molar-refractivity contribution in [1.29, 1.82) is 0 Å². The van der Waals surface area contributed by atoms with Crippen LogP contribution in [-0.4, -0.2) is 52.6 Å². The Kier molecular flexibility index (Phi) is 4.66. The Bertz CT molecular complexity index is 1020. The largest absolute Gasteiger partial charge is 0.478 e. The van der Waals surface area contributed by atoms with Gasteiger partial charge in [0.25, 0.3) is 5.91 Å². The Balaban J connectivity index is 1.71. The minimum absolute atomic E-state index is 0.000283. The summed E-state index contributed by atoms with van der Waals surface area (Å²) in [6.45, 7) is 0.314. The van der Waals surface area contributed by atoms with Crippen LogP contribution >= 0.6 is 0 Å². The van der Waals surface area contributed by atoms with Crippen LogP contribution in [0.25, 0.3) is 0 Å². The number of nitrogens with one attached hydrogen (secondary N) is 1. The van der Waals surface area contributed by atoms with Crippen molar-refractivity contribution < 1.29 is 24.6 Å². The van der Waals surface area contributed by atoms with Gasteiger partial charge in [0.1, 0.15) is 17.6 Å². The maximum Gasteiger partial charge on any atom is 0.339 e. The first-order chi connectivity index (χ1) is 12.8. The SMILES string of the molecule is Cn1ncc(C(=O)O)c1C(=O)Nc1ncn(Cc2ccc(C(=O)O)cc2)n1. The van der Waals surface area contributed by atoms with Crippen LogP contribution in [0.5, 0.6) is 0 Å². The van der Waals surface area contributed by atoms with Gasteiger partial charge in [0.2, 0.25) is 5.95 Å². The van der Waals surface area contributed by atoms with Crippen molar-refractivity contribution in [2.75, 3.05) is 5.32 Å². The van der Waals surface area contributed by atoms with Gasteiger partial charge in [0.05, 0.1) is 18.3 Å². The molecule has 0 spiro atoms. The molecule has 3 N–H and O–H groups in total. The molecule has 1 amide bonds. The van der Waals surface area contributed by atoms with E-state index in [4.69, 9.17) is 10.2 Å². The maximum absolute atomic E-state index is 12.3. The molecule has 3 rings (SSSR count). The van der Waals surface area contributed by atoms with E-state index in [-0.39, 0.29) is 22.8 Å². The van der Waals surface area contributed by atoms with Gasteiger partial charge in [-0.15, -0.1) is 5.10 Å². The van der Waals surface area contributed by atoms with Gasteiger partial charge in [-0.25, -0.2) is 19.3 Å².